The van der Waals surface area contributed by atoms with Gasteiger partial charge in [-0.3, -0.25) is 10.1 Å². The van der Waals surface area contributed by atoms with E-state index in [4.69, 9.17) is 4.42 Å². The number of nitro groups is 1. The molecule has 86 valence electrons. The van der Waals surface area contributed by atoms with Crippen LogP contribution in [0.5, 0.6) is 0 Å². The van der Waals surface area contributed by atoms with Crippen LogP contribution in [0, 0.1) is 10.1 Å². The van der Waals surface area contributed by atoms with E-state index in [1.807, 2.05) is 0 Å². The van der Waals surface area contributed by atoms with Crippen LogP contribution in [-0.4, -0.2) is 9.91 Å². The fourth-order valence-corrected chi connectivity index (χ4v) is 1.71. The molecule has 0 aliphatic heterocycles. The van der Waals surface area contributed by atoms with Gasteiger partial charge in [-0.2, -0.15) is 0 Å². The van der Waals surface area contributed by atoms with E-state index in [1.165, 1.54) is 12.1 Å². The van der Waals surface area contributed by atoms with Crippen molar-refractivity contribution in [2.75, 3.05) is 0 Å². The van der Waals surface area contributed by atoms with Gasteiger partial charge in [-0.15, -0.1) is 0 Å². The van der Waals surface area contributed by atoms with Gasteiger partial charge in [0.25, 0.3) is 5.69 Å². The zero-order valence-electron chi connectivity index (χ0n) is 9.00. The number of hydrogen-bond acceptors (Lipinski definition) is 4. The summed E-state index contributed by atoms with van der Waals surface area (Å²) in [5, 5.41) is 10.7. The Morgan fingerprint density at radius 3 is 2.94 bits per heavy atom. The van der Waals surface area contributed by atoms with Crippen molar-refractivity contribution in [1.29, 1.82) is 0 Å². The highest BCUT2D eigenvalue weighted by Crippen LogP contribution is 2.40. The Morgan fingerprint density at radius 2 is 2.24 bits per heavy atom. The van der Waals surface area contributed by atoms with Gasteiger partial charge in [0, 0.05) is 23.6 Å². The van der Waals surface area contributed by atoms with Crippen LogP contribution in [-0.2, 0) is 0 Å². The maximum Gasteiger partial charge on any atom is 0.270 e. The lowest BCUT2D eigenvalue weighted by molar-refractivity contribution is -0.384. The van der Waals surface area contributed by atoms with Crippen molar-refractivity contribution in [3.63, 3.8) is 0 Å². The molecule has 0 N–H and O–H groups in total. The van der Waals surface area contributed by atoms with Crippen LogP contribution < -0.4 is 0 Å². The van der Waals surface area contributed by atoms with E-state index in [0.717, 1.165) is 18.7 Å². The molecule has 0 spiro atoms. The van der Waals surface area contributed by atoms with Crippen molar-refractivity contribution in [2.45, 2.75) is 18.8 Å². The molecule has 0 amide bonds. The smallest absolute Gasteiger partial charge is 0.270 e. The normalized spacial score (nSPS) is 14.8. The second-order valence-electron chi connectivity index (χ2n) is 4.14. The fraction of sp³-hybridized carbons (Fsp3) is 0.250. The zero-order chi connectivity index (χ0) is 11.8. The second-order valence-corrected chi connectivity index (χ2v) is 4.14. The van der Waals surface area contributed by atoms with Crippen molar-refractivity contribution in [1.82, 2.24) is 4.98 Å². The Hall–Kier alpha value is -2.17. The molecule has 5 nitrogen and oxygen atoms in total. The monoisotopic (exact) mass is 230 g/mol. The van der Waals surface area contributed by atoms with Gasteiger partial charge in [-0.05, 0) is 12.8 Å². The summed E-state index contributed by atoms with van der Waals surface area (Å²) in [7, 11) is 0. The van der Waals surface area contributed by atoms with E-state index in [0.29, 0.717) is 17.2 Å². The van der Waals surface area contributed by atoms with Crippen LogP contribution in [0.2, 0.25) is 0 Å². The summed E-state index contributed by atoms with van der Waals surface area (Å²) < 4.78 is 5.59. The molecule has 17 heavy (non-hydrogen) atoms. The number of rotatable bonds is 3. The summed E-state index contributed by atoms with van der Waals surface area (Å²) >= 11 is 0. The Balaban J connectivity index is 1.96. The van der Waals surface area contributed by atoms with Crippen molar-refractivity contribution in [3.8, 4) is 11.3 Å². The average molecular weight is 230 g/mol. The van der Waals surface area contributed by atoms with Crippen LogP contribution >= 0.6 is 0 Å². The molecule has 1 heterocycles. The van der Waals surface area contributed by atoms with Gasteiger partial charge < -0.3 is 4.42 Å². The number of benzene rings is 1. The van der Waals surface area contributed by atoms with Crippen molar-refractivity contribution < 1.29 is 9.34 Å². The molecule has 2 aromatic rings. The third kappa shape index (κ3) is 1.91. The Bertz CT molecular complexity index is 573. The maximum atomic E-state index is 10.7. The summed E-state index contributed by atoms with van der Waals surface area (Å²) in [4.78, 5) is 14.4. The third-order valence-corrected chi connectivity index (χ3v) is 2.79. The Kier molecular flexibility index (Phi) is 2.18. The van der Waals surface area contributed by atoms with Crippen LogP contribution in [0.4, 0.5) is 5.69 Å². The second kappa shape index (κ2) is 3.69. The summed E-state index contributed by atoms with van der Waals surface area (Å²) in [5.74, 6) is 1.78. The fourth-order valence-electron chi connectivity index (χ4n) is 1.71. The molecule has 1 aromatic heterocycles. The van der Waals surface area contributed by atoms with Crippen LogP contribution in [0.25, 0.3) is 11.3 Å². The molecule has 0 radical (unpaired) electrons. The van der Waals surface area contributed by atoms with Gasteiger partial charge >= 0.3 is 0 Å². The predicted octanol–water partition coefficient (Wildman–Crippen LogP) is 3.13. The molecule has 0 saturated heterocycles. The first-order chi connectivity index (χ1) is 8.24. The number of non-ortho nitro benzene ring substituents is 1. The van der Waals surface area contributed by atoms with Crippen LogP contribution in [0.3, 0.4) is 0 Å². The zero-order valence-corrected chi connectivity index (χ0v) is 9.00. The van der Waals surface area contributed by atoms with E-state index in [2.05, 4.69) is 4.98 Å². The molecule has 1 aromatic carbocycles. The minimum Gasteiger partial charge on any atom is -0.440 e. The lowest BCUT2D eigenvalue weighted by Gasteiger charge is -1.96. The summed E-state index contributed by atoms with van der Waals surface area (Å²) in [6.45, 7) is 0. The highest BCUT2D eigenvalue weighted by atomic mass is 16.6. The summed E-state index contributed by atoms with van der Waals surface area (Å²) in [6, 6.07) is 6.38. The van der Waals surface area contributed by atoms with E-state index in [1.54, 1.807) is 18.3 Å². The quantitative estimate of drug-likeness (QED) is 0.600. The van der Waals surface area contributed by atoms with Crippen molar-refractivity contribution in [2.24, 2.45) is 0 Å². The minimum atomic E-state index is -0.415. The largest absolute Gasteiger partial charge is 0.440 e. The number of oxazole rings is 1. The first-order valence-corrected chi connectivity index (χ1v) is 5.44. The first kappa shape index (κ1) is 10.0. The first-order valence-electron chi connectivity index (χ1n) is 5.44. The van der Waals surface area contributed by atoms with Crippen molar-refractivity contribution in [3.05, 3.63) is 46.5 Å². The van der Waals surface area contributed by atoms with Crippen LogP contribution in [0.15, 0.2) is 34.9 Å². The molecule has 0 atom stereocenters. The van der Waals surface area contributed by atoms with E-state index >= 15 is 0 Å². The molecule has 1 aliphatic rings. The molecule has 1 aliphatic carbocycles. The highest BCUT2D eigenvalue weighted by molar-refractivity contribution is 5.60. The third-order valence-electron chi connectivity index (χ3n) is 2.79. The molecule has 5 heteroatoms. The lowest BCUT2D eigenvalue weighted by Crippen LogP contribution is -1.87. The van der Waals surface area contributed by atoms with Crippen LogP contribution in [0.1, 0.15) is 24.7 Å². The van der Waals surface area contributed by atoms with Crippen molar-refractivity contribution >= 4 is 5.69 Å². The highest BCUT2D eigenvalue weighted by Gasteiger charge is 2.28. The van der Waals surface area contributed by atoms with Gasteiger partial charge in [0.2, 0.25) is 0 Å². The molecule has 0 bridgehead atoms. The SMILES string of the molecule is O=[N+]([O-])c1cccc(-c2cnc(C3CC3)o2)c1. The minimum absolute atomic E-state index is 0.0619. The van der Waals surface area contributed by atoms with Gasteiger partial charge in [0.1, 0.15) is 0 Å². The molecular formula is C12H10N2O3. The summed E-state index contributed by atoms with van der Waals surface area (Å²) in [5.41, 5.74) is 0.755. The Labute approximate surface area is 97.2 Å². The molecule has 1 fully saturated rings. The topological polar surface area (TPSA) is 69.2 Å². The van der Waals surface area contributed by atoms with E-state index < -0.39 is 4.92 Å². The lowest BCUT2D eigenvalue weighted by atomic mass is 10.2. The number of nitrogens with zero attached hydrogens (tertiary/aromatic N) is 2. The number of aromatic nitrogens is 1. The maximum absolute atomic E-state index is 10.7. The van der Waals surface area contributed by atoms with Gasteiger partial charge in [-0.1, -0.05) is 12.1 Å². The van der Waals surface area contributed by atoms with Gasteiger partial charge in [0.05, 0.1) is 11.1 Å². The molecule has 0 unspecified atom stereocenters. The summed E-state index contributed by atoms with van der Waals surface area (Å²) in [6.07, 6.45) is 3.87. The standard InChI is InChI=1S/C12H10N2O3/c15-14(16)10-3-1-2-9(6-10)11-7-13-12(17-11)8-4-5-8/h1-3,6-8H,4-5H2. The molecule has 3 rings (SSSR count). The van der Waals surface area contributed by atoms with E-state index in [9.17, 15) is 10.1 Å². The Morgan fingerprint density at radius 1 is 1.41 bits per heavy atom. The van der Waals surface area contributed by atoms with Gasteiger partial charge in [0.15, 0.2) is 11.7 Å². The molecular weight excluding hydrogens is 220 g/mol. The van der Waals surface area contributed by atoms with Gasteiger partial charge in [-0.25, -0.2) is 4.98 Å². The number of nitro benzene ring substituents is 1. The predicted molar refractivity (Wildman–Crippen MR) is 60.6 cm³/mol. The average Bonchev–Trinajstić information content (AvgIpc) is 3.07. The van der Waals surface area contributed by atoms with E-state index in [-0.39, 0.29) is 5.69 Å². The number of hydrogen-bond donors (Lipinski definition) is 0. The molecule has 1 saturated carbocycles.